The van der Waals surface area contributed by atoms with Gasteiger partial charge >= 0.3 is 0 Å². The molecule has 0 spiro atoms. The van der Waals surface area contributed by atoms with E-state index in [1.54, 1.807) is 12.0 Å². The van der Waals surface area contributed by atoms with Gasteiger partial charge in [0.25, 0.3) is 0 Å². The second-order valence-corrected chi connectivity index (χ2v) is 8.29. The highest BCUT2D eigenvalue weighted by atomic mass is 16.7. The topological polar surface area (TPSA) is 57.2 Å². The van der Waals surface area contributed by atoms with Crippen LogP contribution in [0.1, 0.15) is 23.8 Å². The molecule has 0 radical (unpaired) electrons. The first-order valence-corrected chi connectivity index (χ1v) is 11.2. The van der Waals surface area contributed by atoms with E-state index in [4.69, 9.17) is 18.9 Å². The van der Waals surface area contributed by atoms with Gasteiger partial charge in [-0.05, 0) is 18.1 Å². The fourth-order valence-electron chi connectivity index (χ4n) is 4.74. The zero-order valence-corrected chi connectivity index (χ0v) is 18.9. The zero-order valence-electron chi connectivity index (χ0n) is 18.9. The number of fused-ring (bicyclic) bond motifs is 1. The van der Waals surface area contributed by atoms with Gasteiger partial charge in [-0.15, -0.1) is 6.58 Å². The number of hydrogen-bond donors (Lipinski definition) is 0. The van der Waals surface area contributed by atoms with Crippen LogP contribution in [-0.4, -0.2) is 49.1 Å². The van der Waals surface area contributed by atoms with Crippen LogP contribution in [0.2, 0.25) is 0 Å². The van der Waals surface area contributed by atoms with Gasteiger partial charge in [0.15, 0.2) is 12.6 Å². The molecular formula is C27H31NO5. The minimum atomic E-state index is -0.635. The number of amides is 1. The van der Waals surface area contributed by atoms with Gasteiger partial charge in [-0.25, -0.2) is 0 Å². The third-order valence-electron chi connectivity index (χ3n) is 6.26. The minimum absolute atomic E-state index is 0.103. The lowest BCUT2D eigenvalue weighted by molar-refractivity contribution is -0.341. The summed E-state index contributed by atoms with van der Waals surface area (Å²) in [6.45, 7) is 8.48. The van der Waals surface area contributed by atoms with Crippen molar-refractivity contribution in [2.24, 2.45) is 5.92 Å². The van der Waals surface area contributed by atoms with Gasteiger partial charge in [0.1, 0.15) is 6.10 Å². The molecule has 6 nitrogen and oxygen atoms in total. The molecule has 174 valence electrons. The maximum Gasteiger partial charge on any atom is 0.246 e. The Hall–Kier alpha value is -2.77. The molecule has 6 heteroatoms. The largest absolute Gasteiger partial charge is 0.354 e. The number of carbonyl (C=O) groups is 1. The van der Waals surface area contributed by atoms with Crippen molar-refractivity contribution < 1.29 is 23.7 Å². The average Bonchev–Trinajstić information content (AvgIpc) is 2.87. The van der Waals surface area contributed by atoms with E-state index in [1.807, 2.05) is 66.7 Å². The summed E-state index contributed by atoms with van der Waals surface area (Å²) < 4.78 is 24.5. The van der Waals surface area contributed by atoms with Gasteiger partial charge in [-0.1, -0.05) is 73.3 Å². The Morgan fingerprint density at radius 2 is 1.79 bits per heavy atom. The Bertz CT molecular complexity index is 934. The smallest absolute Gasteiger partial charge is 0.246 e. The summed E-state index contributed by atoms with van der Waals surface area (Å²) in [6.07, 6.45) is 2.09. The molecule has 33 heavy (non-hydrogen) atoms. The highest BCUT2D eigenvalue weighted by Crippen LogP contribution is 2.41. The first-order chi connectivity index (χ1) is 16.2. The van der Waals surface area contributed by atoms with Crippen LogP contribution < -0.4 is 0 Å². The van der Waals surface area contributed by atoms with Crippen LogP contribution in [-0.2, 0) is 30.3 Å². The highest BCUT2D eigenvalue weighted by Gasteiger charge is 2.52. The van der Waals surface area contributed by atoms with E-state index < -0.39 is 18.6 Å². The number of carbonyl (C=O) groups excluding carboxylic acids is 1. The van der Waals surface area contributed by atoms with Crippen LogP contribution in [0.25, 0.3) is 0 Å². The Morgan fingerprint density at radius 1 is 1.09 bits per heavy atom. The lowest BCUT2D eigenvalue weighted by Crippen LogP contribution is -2.64. The van der Waals surface area contributed by atoms with Crippen molar-refractivity contribution in [3.63, 3.8) is 0 Å². The normalized spacial score (nSPS) is 29.0. The van der Waals surface area contributed by atoms with E-state index in [0.29, 0.717) is 19.6 Å². The molecule has 2 fully saturated rings. The van der Waals surface area contributed by atoms with Crippen LogP contribution in [0, 0.1) is 5.92 Å². The number of ether oxygens (including phenoxy) is 4. The van der Waals surface area contributed by atoms with Crippen molar-refractivity contribution >= 4 is 5.91 Å². The standard InChI is InChI=1S/C27H31NO5/c1-4-12-21-24(28(23(29)5-2)17-19-13-8-6-9-14-19)27(30-3)32-22-18-31-26(33-25(21)22)20-15-10-7-11-16-20/h4-11,13-16,21-22,24-27H,1-2,12,17-18H2,3H3/t21-,22-,24-,25+,26-,27+/m1/s1. The maximum absolute atomic E-state index is 13.1. The van der Waals surface area contributed by atoms with Crippen molar-refractivity contribution in [1.82, 2.24) is 4.90 Å². The molecule has 1 amide bonds. The van der Waals surface area contributed by atoms with Crippen molar-refractivity contribution in [3.05, 3.63) is 97.1 Å². The molecule has 6 atom stereocenters. The van der Waals surface area contributed by atoms with Crippen molar-refractivity contribution in [3.8, 4) is 0 Å². The molecule has 0 bridgehead atoms. The first-order valence-electron chi connectivity index (χ1n) is 11.2. The molecule has 2 aromatic rings. The maximum atomic E-state index is 13.1. The third kappa shape index (κ3) is 5.09. The van der Waals surface area contributed by atoms with Crippen molar-refractivity contribution in [2.45, 2.75) is 43.8 Å². The van der Waals surface area contributed by atoms with E-state index >= 15 is 0 Å². The van der Waals surface area contributed by atoms with Gasteiger partial charge in [0, 0.05) is 25.1 Å². The Kier molecular flexibility index (Phi) is 7.73. The molecule has 4 rings (SSSR count). The van der Waals surface area contributed by atoms with E-state index in [2.05, 4.69) is 13.2 Å². The van der Waals surface area contributed by atoms with Gasteiger partial charge < -0.3 is 23.8 Å². The summed E-state index contributed by atoms with van der Waals surface area (Å²) in [7, 11) is 1.60. The summed E-state index contributed by atoms with van der Waals surface area (Å²) in [6, 6.07) is 19.3. The van der Waals surface area contributed by atoms with Gasteiger partial charge in [-0.3, -0.25) is 4.79 Å². The Labute approximate surface area is 195 Å². The summed E-state index contributed by atoms with van der Waals surface area (Å²) in [5, 5.41) is 0. The Balaban J connectivity index is 1.67. The highest BCUT2D eigenvalue weighted by molar-refractivity contribution is 5.87. The molecule has 2 aliphatic rings. The van der Waals surface area contributed by atoms with E-state index in [1.165, 1.54) is 6.08 Å². The molecule has 2 aliphatic heterocycles. The fourth-order valence-corrected chi connectivity index (χ4v) is 4.74. The molecule has 2 aromatic carbocycles. The predicted molar refractivity (Wildman–Crippen MR) is 125 cm³/mol. The molecule has 0 N–H and O–H groups in total. The predicted octanol–water partition coefficient (Wildman–Crippen LogP) is 4.25. The average molecular weight is 450 g/mol. The number of rotatable bonds is 8. The monoisotopic (exact) mass is 449 g/mol. The molecule has 2 heterocycles. The number of allylic oxidation sites excluding steroid dienone is 1. The first kappa shape index (κ1) is 23.4. The lowest BCUT2D eigenvalue weighted by atomic mass is 9.82. The summed E-state index contributed by atoms with van der Waals surface area (Å²) in [5.41, 5.74) is 1.96. The van der Waals surface area contributed by atoms with Crippen LogP contribution in [0.3, 0.4) is 0 Å². The van der Waals surface area contributed by atoms with Gasteiger partial charge in [0.05, 0.1) is 18.8 Å². The SMILES string of the molecule is C=CC[C@H]1[C@@H]2O[C@H](c3ccccc3)OC[C@H]2O[C@H](OC)[C@@H]1N(Cc1ccccc1)C(=O)C=C. The van der Waals surface area contributed by atoms with Crippen LogP contribution in [0.15, 0.2) is 86.0 Å². The summed E-state index contributed by atoms with van der Waals surface area (Å²) >= 11 is 0. The fraction of sp³-hybridized carbons (Fsp3) is 0.370. The van der Waals surface area contributed by atoms with Crippen molar-refractivity contribution in [2.75, 3.05) is 13.7 Å². The minimum Gasteiger partial charge on any atom is -0.354 e. The Morgan fingerprint density at radius 3 is 2.42 bits per heavy atom. The van der Waals surface area contributed by atoms with Crippen LogP contribution in [0.4, 0.5) is 0 Å². The number of nitrogens with zero attached hydrogens (tertiary/aromatic N) is 1. The van der Waals surface area contributed by atoms with E-state index in [0.717, 1.165) is 11.1 Å². The molecule has 0 unspecified atom stereocenters. The second-order valence-electron chi connectivity index (χ2n) is 8.29. The number of hydrogen-bond acceptors (Lipinski definition) is 5. The zero-order chi connectivity index (χ0) is 23.2. The molecule has 0 saturated carbocycles. The van der Waals surface area contributed by atoms with Crippen LogP contribution >= 0.6 is 0 Å². The second kappa shape index (κ2) is 10.9. The molecular weight excluding hydrogens is 418 g/mol. The van der Waals surface area contributed by atoms with Crippen molar-refractivity contribution in [1.29, 1.82) is 0 Å². The van der Waals surface area contributed by atoms with E-state index in [9.17, 15) is 4.79 Å². The quantitative estimate of drug-likeness (QED) is 0.446. The molecule has 0 aromatic heterocycles. The van der Waals surface area contributed by atoms with Gasteiger partial charge in [0.2, 0.25) is 5.91 Å². The van der Waals surface area contributed by atoms with Gasteiger partial charge in [-0.2, -0.15) is 0 Å². The number of benzene rings is 2. The molecule has 2 saturated heterocycles. The lowest BCUT2D eigenvalue weighted by Gasteiger charge is -2.52. The van der Waals surface area contributed by atoms with Crippen LogP contribution in [0.5, 0.6) is 0 Å². The summed E-state index contributed by atoms with van der Waals surface area (Å²) in [4.78, 5) is 14.9. The molecule has 0 aliphatic carbocycles. The van der Waals surface area contributed by atoms with E-state index in [-0.39, 0.29) is 24.0 Å². The third-order valence-corrected chi connectivity index (χ3v) is 6.26. The number of methoxy groups -OCH3 is 1. The summed E-state index contributed by atoms with van der Waals surface area (Å²) in [5.74, 6) is -0.289.